The Bertz CT molecular complexity index is 1850. The molecule has 1 unspecified atom stereocenters. The summed E-state index contributed by atoms with van der Waals surface area (Å²) in [6.07, 6.45) is 3.75. The van der Waals surface area contributed by atoms with E-state index >= 15 is 0 Å². The lowest BCUT2D eigenvalue weighted by molar-refractivity contribution is 0.303. The number of nitrogens with zero attached hydrogens (tertiary/aromatic N) is 5. The van der Waals surface area contributed by atoms with E-state index in [-0.39, 0.29) is 24.2 Å². The van der Waals surface area contributed by atoms with E-state index in [1.807, 2.05) is 49.6 Å². The number of aromatic nitrogens is 4. The van der Waals surface area contributed by atoms with Crippen LogP contribution in [0.3, 0.4) is 0 Å². The first-order valence-corrected chi connectivity index (χ1v) is 17.0. The number of halogens is 2. The van der Waals surface area contributed by atoms with Crippen molar-refractivity contribution in [2.75, 3.05) is 17.6 Å². The first-order valence-electron chi connectivity index (χ1n) is 13.7. The molecule has 43 heavy (non-hydrogen) atoms. The van der Waals surface area contributed by atoms with Crippen LogP contribution in [0, 0.1) is 5.82 Å². The summed E-state index contributed by atoms with van der Waals surface area (Å²) >= 11 is 4.99. The number of pyridine rings is 1. The van der Waals surface area contributed by atoms with Gasteiger partial charge in [0.25, 0.3) is 0 Å². The van der Waals surface area contributed by atoms with Crippen molar-refractivity contribution in [3.63, 3.8) is 0 Å². The highest BCUT2D eigenvalue weighted by molar-refractivity contribution is 9.10. The molecule has 2 aromatic carbocycles. The van der Waals surface area contributed by atoms with Crippen molar-refractivity contribution in [2.45, 2.75) is 39.8 Å². The molecule has 0 saturated carbocycles. The fourth-order valence-electron chi connectivity index (χ4n) is 4.66. The predicted octanol–water partition coefficient (Wildman–Crippen LogP) is 7.50. The van der Waals surface area contributed by atoms with E-state index in [0.29, 0.717) is 41.4 Å². The maximum absolute atomic E-state index is 13.5. The van der Waals surface area contributed by atoms with E-state index in [0.717, 1.165) is 26.1 Å². The third-order valence-electron chi connectivity index (χ3n) is 6.84. The second kappa shape index (κ2) is 13.4. The first kappa shape index (κ1) is 30.9. The van der Waals surface area contributed by atoms with Crippen LogP contribution in [0.2, 0.25) is 0 Å². The van der Waals surface area contributed by atoms with Gasteiger partial charge in [0, 0.05) is 23.0 Å². The van der Waals surface area contributed by atoms with Crippen LogP contribution in [-0.4, -0.2) is 45.0 Å². The monoisotopic (exact) mass is 684 g/mol. The minimum atomic E-state index is -3.38. The molecule has 3 heterocycles. The van der Waals surface area contributed by atoms with E-state index in [4.69, 9.17) is 9.72 Å². The van der Waals surface area contributed by atoms with Gasteiger partial charge in [-0.15, -0.1) is 11.3 Å². The summed E-state index contributed by atoms with van der Waals surface area (Å²) in [7, 11) is -3.38. The molecule has 13 heteroatoms. The summed E-state index contributed by atoms with van der Waals surface area (Å²) in [5.74, 6) is 0.939. The zero-order valence-corrected chi connectivity index (χ0v) is 27.0. The largest absolute Gasteiger partial charge is 0.488 e. The average molecular weight is 686 g/mol. The van der Waals surface area contributed by atoms with Crippen LogP contribution in [0.1, 0.15) is 43.8 Å². The molecular weight excluding hydrogens is 655 g/mol. The molecule has 0 aliphatic heterocycles. The Hall–Kier alpha value is -3.52. The predicted molar refractivity (Wildman–Crippen MR) is 171 cm³/mol. The molecule has 0 spiro atoms. The molecule has 5 rings (SSSR count). The number of hydrogen-bond acceptors (Lipinski definition) is 9. The molecule has 1 N–H and O–H groups in total. The Morgan fingerprint density at radius 3 is 2.63 bits per heavy atom. The Labute approximate surface area is 262 Å². The van der Waals surface area contributed by atoms with E-state index in [1.165, 1.54) is 34.1 Å². The fraction of sp³-hybridized carbons (Fsp3) is 0.267. The van der Waals surface area contributed by atoms with Gasteiger partial charge in [-0.25, -0.2) is 27.8 Å². The number of benzene rings is 2. The van der Waals surface area contributed by atoms with Gasteiger partial charge in [-0.1, -0.05) is 26.0 Å². The summed E-state index contributed by atoms with van der Waals surface area (Å²) in [4.78, 5) is 18.2. The van der Waals surface area contributed by atoms with Crippen LogP contribution in [0.25, 0.3) is 22.3 Å². The number of nitrogens with one attached hydrogen (secondary N) is 1. The van der Waals surface area contributed by atoms with Crippen molar-refractivity contribution >= 4 is 59.7 Å². The SMILES string of the molecule is CCC(c1nc(-c2cc3c(Nc4ccc(OCc5cccc(F)c5)c(Br)c4)ncnc3cn2)cs1)N(CC)S(=O)(=O)CC. The number of ether oxygens (including phenoxy) is 1. The molecule has 0 fully saturated rings. The van der Waals surface area contributed by atoms with Crippen LogP contribution in [0.15, 0.2) is 70.9 Å². The minimum Gasteiger partial charge on any atom is -0.488 e. The van der Waals surface area contributed by atoms with E-state index in [9.17, 15) is 12.8 Å². The minimum absolute atomic E-state index is 0.0405. The lowest BCUT2D eigenvalue weighted by Crippen LogP contribution is -2.35. The highest BCUT2D eigenvalue weighted by Crippen LogP contribution is 2.34. The number of anilines is 2. The smallest absolute Gasteiger partial charge is 0.214 e. The Kier molecular flexibility index (Phi) is 9.65. The lowest BCUT2D eigenvalue weighted by Gasteiger charge is -2.27. The topological polar surface area (TPSA) is 110 Å². The third-order valence-corrected chi connectivity index (χ3v) is 10.4. The van der Waals surface area contributed by atoms with Crippen LogP contribution in [0.4, 0.5) is 15.9 Å². The molecule has 3 aromatic heterocycles. The summed E-state index contributed by atoms with van der Waals surface area (Å²) < 4.78 is 47.0. The normalized spacial score (nSPS) is 12.5. The zero-order valence-electron chi connectivity index (χ0n) is 23.8. The maximum Gasteiger partial charge on any atom is 0.214 e. The average Bonchev–Trinajstić information content (AvgIpc) is 3.49. The highest BCUT2D eigenvalue weighted by atomic mass is 79.9. The first-order chi connectivity index (χ1) is 20.7. The van der Waals surface area contributed by atoms with Gasteiger partial charge >= 0.3 is 0 Å². The van der Waals surface area contributed by atoms with Crippen LogP contribution >= 0.6 is 27.3 Å². The molecule has 0 aliphatic carbocycles. The summed E-state index contributed by atoms with van der Waals surface area (Å²) in [5.41, 5.74) is 3.44. The van der Waals surface area contributed by atoms with E-state index in [1.54, 1.807) is 19.2 Å². The maximum atomic E-state index is 13.5. The third kappa shape index (κ3) is 7.01. The van der Waals surface area contributed by atoms with Gasteiger partial charge in [0.2, 0.25) is 10.0 Å². The molecular formula is C30H30BrFN6O3S2. The number of rotatable bonds is 12. The van der Waals surface area contributed by atoms with Crippen LogP contribution in [0.5, 0.6) is 5.75 Å². The van der Waals surface area contributed by atoms with Crippen LogP contribution < -0.4 is 10.1 Å². The van der Waals surface area contributed by atoms with Crippen molar-refractivity contribution in [2.24, 2.45) is 0 Å². The molecule has 224 valence electrons. The van der Waals surface area contributed by atoms with Gasteiger partial charge in [-0.3, -0.25) is 4.98 Å². The van der Waals surface area contributed by atoms with Gasteiger partial charge in [0.1, 0.15) is 35.3 Å². The second-order valence-corrected chi connectivity index (χ2v) is 13.6. The van der Waals surface area contributed by atoms with E-state index in [2.05, 4.69) is 36.2 Å². The zero-order chi connectivity index (χ0) is 30.6. The fourth-order valence-corrected chi connectivity index (χ4v) is 7.58. The standard InChI is InChI=1S/C30H30BrFN6O3S2/c1-4-27(38(5-2)43(39,40)6-3)30-37-26(17-42-30)24-14-22-25(15-33-24)34-18-35-29(22)36-21-10-11-28(23(31)13-21)41-16-19-8-7-9-20(32)12-19/h7-15,17-18,27H,4-6,16H2,1-3H3,(H,34,35,36). The van der Waals surface area contributed by atoms with Crippen molar-refractivity contribution in [1.82, 2.24) is 24.2 Å². The lowest BCUT2D eigenvalue weighted by atomic mass is 10.2. The molecule has 0 aliphatic rings. The van der Waals surface area contributed by atoms with E-state index < -0.39 is 10.0 Å². The Morgan fingerprint density at radius 2 is 1.91 bits per heavy atom. The van der Waals surface area contributed by atoms with Gasteiger partial charge < -0.3 is 10.1 Å². The number of sulfonamides is 1. The molecule has 0 amide bonds. The van der Waals surface area contributed by atoms with Crippen molar-refractivity contribution in [1.29, 1.82) is 0 Å². The molecule has 1 atom stereocenters. The molecule has 5 aromatic rings. The van der Waals surface area contributed by atoms with Crippen molar-refractivity contribution in [3.05, 3.63) is 87.3 Å². The Morgan fingerprint density at radius 1 is 1.07 bits per heavy atom. The number of fused-ring (bicyclic) bond motifs is 1. The molecule has 0 bridgehead atoms. The summed E-state index contributed by atoms with van der Waals surface area (Å²) in [6.45, 7) is 6.07. The molecule has 9 nitrogen and oxygen atoms in total. The van der Waals surface area contributed by atoms with Gasteiger partial charge in [-0.05, 0) is 71.2 Å². The number of thiazole rings is 1. The molecule has 0 radical (unpaired) electrons. The van der Waals surface area contributed by atoms with Crippen molar-refractivity contribution in [3.8, 4) is 17.1 Å². The van der Waals surface area contributed by atoms with Gasteiger partial charge in [-0.2, -0.15) is 4.31 Å². The Balaban J connectivity index is 1.38. The van der Waals surface area contributed by atoms with Gasteiger partial charge in [0.05, 0.1) is 39.4 Å². The molecule has 0 saturated heterocycles. The van der Waals surface area contributed by atoms with Crippen molar-refractivity contribution < 1.29 is 17.5 Å². The quantitative estimate of drug-likeness (QED) is 0.144. The van der Waals surface area contributed by atoms with Crippen LogP contribution in [-0.2, 0) is 16.6 Å². The summed E-state index contributed by atoms with van der Waals surface area (Å²) in [6, 6.07) is 13.4. The second-order valence-electron chi connectivity index (χ2n) is 9.60. The number of hydrogen-bond donors (Lipinski definition) is 1. The van der Waals surface area contributed by atoms with Gasteiger partial charge in [0.15, 0.2) is 0 Å². The summed E-state index contributed by atoms with van der Waals surface area (Å²) in [5, 5.41) is 6.72. The highest BCUT2D eigenvalue weighted by Gasteiger charge is 2.29.